The van der Waals surface area contributed by atoms with E-state index in [1.165, 1.54) is 0 Å². The highest BCUT2D eigenvalue weighted by Gasteiger charge is 2.24. The molecule has 2 aromatic rings. The number of nitrogens with zero attached hydrogens (tertiary/aromatic N) is 4. The van der Waals surface area contributed by atoms with Gasteiger partial charge in [0.25, 0.3) is 0 Å². The summed E-state index contributed by atoms with van der Waals surface area (Å²) in [5.41, 5.74) is 9.54. The van der Waals surface area contributed by atoms with Crippen molar-refractivity contribution in [2.75, 3.05) is 5.73 Å². The second-order valence-corrected chi connectivity index (χ2v) is 5.43. The molecule has 2 rings (SSSR count). The van der Waals surface area contributed by atoms with Crippen molar-refractivity contribution in [3.8, 4) is 0 Å². The lowest BCUT2D eigenvalue weighted by molar-refractivity contribution is 0.500. The van der Waals surface area contributed by atoms with E-state index in [0.717, 1.165) is 11.4 Å². The van der Waals surface area contributed by atoms with Crippen LogP contribution < -0.4 is 5.73 Å². The van der Waals surface area contributed by atoms with Gasteiger partial charge in [-0.1, -0.05) is 26.0 Å². The lowest BCUT2D eigenvalue weighted by atomic mass is 9.92. The minimum absolute atomic E-state index is 0.0659. The van der Waals surface area contributed by atoms with Gasteiger partial charge in [0.2, 0.25) is 0 Å². The van der Waals surface area contributed by atoms with Crippen LogP contribution in [0.1, 0.15) is 32.2 Å². The molecule has 0 fully saturated rings. The summed E-state index contributed by atoms with van der Waals surface area (Å²) in [7, 11) is 0. The van der Waals surface area contributed by atoms with E-state index in [1.54, 1.807) is 11.3 Å². The van der Waals surface area contributed by atoms with E-state index in [-0.39, 0.29) is 5.41 Å². The van der Waals surface area contributed by atoms with Crippen LogP contribution in [0.25, 0.3) is 0 Å². The average Bonchev–Trinajstić information content (AvgIpc) is 2.75. The highest BCUT2D eigenvalue weighted by atomic mass is 32.1. The summed E-state index contributed by atoms with van der Waals surface area (Å²) in [6, 6.07) is 0. The van der Waals surface area contributed by atoms with Crippen molar-refractivity contribution in [2.45, 2.75) is 32.7 Å². The molecule has 2 heterocycles. The van der Waals surface area contributed by atoms with E-state index in [9.17, 15) is 0 Å². The largest absolute Gasteiger partial charge is 0.381 e. The molecule has 0 spiro atoms. The molecule has 0 atom stereocenters. The fourth-order valence-electron chi connectivity index (χ4n) is 1.68. The van der Waals surface area contributed by atoms with Crippen molar-refractivity contribution < 1.29 is 0 Å². The zero-order valence-electron chi connectivity index (χ0n) is 9.64. The van der Waals surface area contributed by atoms with Crippen LogP contribution in [0.15, 0.2) is 10.9 Å². The van der Waals surface area contributed by atoms with E-state index in [1.807, 2.05) is 15.6 Å². The molecule has 2 N–H and O–H groups in total. The lowest BCUT2D eigenvalue weighted by Gasteiger charge is -2.19. The number of nitrogens with two attached hydrogens (primary N) is 1. The van der Waals surface area contributed by atoms with Crippen LogP contribution in [-0.4, -0.2) is 20.0 Å². The van der Waals surface area contributed by atoms with Crippen molar-refractivity contribution in [1.29, 1.82) is 0 Å². The van der Waals surface area contributed by atoms with Crippen LogP contribution in [0.2, 0.25) is 0 Å². The Labute approximate surface area is 98.3 Å². The van der Waals surface area contributed by atoms with Gasteiger partial charge in [-0.15, -0.1) is 16.4 Å². The molecule has 6 heteroatoms. The van der Waals surface area contributed by atoms with Crippen LogP contribution in [0, 0.1) is 0 Å². The molecule has 86 valence electrons. The van der Waals surface area contributed by atoms with Gasteiger partial charge >= 0.3 is 0 Å². The Morgan fingerprint density at radius 3 is 2.75 bits per heavy atom. The van der Waals surface area contributed by atoms with E-state index < -0.39 is 0 Å². The summed E-state index contributed by atoms with van der Waals surface area (Å²) in [4.78, 5) is 4.23. The molecule has 0 saturated heterocycles. The van der Waals surface area contributed by atoms with Gasteiger partial charge in [0.15, 0.2) is 5.82 Å². The summed E-state index contributed by atoms with van der Waals surface area (Å²) in [5, 5.41) is 10.00. The fraction of sp³-hybridized carbons (Fsp3) is 0.500. The quantitative estimate of drug-likeness (QED) is 0.862. The zero-order valence-corrected chi connectivity index (χ0v) is 10.5. The molecule has 0 bridgehead atoms. The lowest BCUT2D eigenvalue weighted by Crippen LogP contribution is -2.20. The van der Waals surface area contributed by atoms with Crippen molar-refractivity contribution >= 4 is 17.2 Å². The fourth-order valence-corrected chi connectivity index (χ4v) is 2.23. The average molecular weight is 237 g/mol. The van der Waals surface area contributed by atoms with E-state index in [4.69, 9.17) is 5.73 Å². The maximum atomic E-state index is 5.84. The number of aromatic nitrogens is 4. The molecule has 0 saturated carbocycles. The highest BCUT2D eigenvalue weighted by Crippen LogP contribution is 2.26. The second-order valence-electron chi connectivity index (χ2n) is 4.71. The topological polar surface area (TPSA) is 69.6 Å². The molecule has 0 amide bonds. The number of rotatable bonds is 2. The Morgan fingerprint density at radius 1 is 1.44 bits per heavy atom. The van der Waals surface area contributed by atoms with Crippen LogP contribution in [0.5, 0.6) is 0 Å². The maximum absolute atomic E-state index is 5.84. The number of nitrogen functional groups attached to an aromatic ring is 1. The van der Waals surface area contributed by atoms with Crippen LogP contribution in [0.3, 0.4) is 0 Å². The Kier molecular flexibility index (Phi) is 2.67. The summed E-state index contributed by atoms with van der Waals surface area (Å²) < 4.78 is 1.82. The number of hydrogen-bond acceptors (Lipinski definition) is 5. The highest BCUT2D eigenvalue weighted by molar-refractivity contribution is 7.07. The molecule has 5 nitrogen and oxygen atoms in total. The van der Waals surface area contributed by atoms with Gasteiger partial charge in [0, 0.05) is 10.8 Å². The van der Waals surface area contributed by atoms with Gasteiger partial charge < -0.3 is 5.73 Å². The molecule has 0 unspecified atom stereocenters. The van der Waals surface area contributed by atoms with Gasteiger partial charge in [-0.3, -0.25) is 0 Å². The summed E-state index contributed by atoms with van der Waals surface area (Å²) in [6.07, 6.45) is 0. The summed E-state index contributed by atoms with van der Waals surface area (Å²) in [5.74, 6) is 0.503. The van der Waals surface area contributed by atoms with Gasteiger partial charge in [-0.2, -0.15) is 0 Å². The number of thiazole rings is 1. The zero-order chi connectivity index (χ0) is 11.8. The van der Waals surface area contributed by atoms with E-state index in [2.05, 4.69) is 36.1 Å². The summed E-state index contributed by atoms with van der Waals surface area (Å²) >= 11 is 1.58. The van der Waals surface area contributed by atoms with Crippen molar-refractivity contribution in [1.82, 2.24) is 20.0 Å². The second kappa shape index (κ2) is 3.86. The predicted molar refractivity (Wildman–Crippen MR) is 64.4 cm³/mol. The molecule has 0 aliphatic carbocycles. The van der Waals surface area contributed by atoms with Crippen molar-refractivity contribution in [3.05, 3.63) is 22.3 Å². The molecule has 2 aromatic heterocycles. The molecule has 16 heavy (non-hydrogen) atoms. The van der Waals surface area contributed by atoms with Crippen LogP contribution >= 0.6 is 11.3 Å². The Hall–Kier alpha value is -1.43. The Bertz CT molecular complexity index is 466. The number of anilines is 1. The molecule has 0 aromatic carbocycles. The molecular formula is C10H15N5S. The van der Waals surface area contributed by atoms with Crippen LogP contribution in [0.4, 0.5) is 5.82 Å². The van der Waals surface area contributed by atoms with Crippen molar-refractivity contribution in [3.63, 3.8) is 0 Å². The third-order valence-electron chi connectivity index (χ3n) is 2.27. The monoisotopic (exact) mass is 237 g/mol. The number of hydrogen-bond donors (Lipinski definition) is 1. The Morgan fingerprint density at radius 2 is 2.19 bits per heavy atom. The van der Waals surface area contributed by atoms with Crippen LogP contribution in [-0.2, 0) is 12.0 Å². The normalized spacial score (nSPS) is 11.9. The first kappa shape index (κ1) is 11.1. The standard InChI is InChI=1S/C10H15N5S/c1-10(2,3)8-9(11)13-14-15(8)4-7-5-16-6-12-7/h5-6H,4,11H2,1-3H3. The van der Waals surface area contributed by atoms with E-state index >= 15 is 0 Å². The minimum atomic E-state index is -0.0659. The Balaban J connectivity index is 2.35. The summed E-state index contributed by atoms with van der Waals surface area (Å²) in [6.45, 7) is 6.92. The SMILES string of the molecule is CC(C)(C)c1c(N)nnn1Cc1cscn1. The third-order valence-corrected chi connectivity index (χ3v) is 2.90. The smallest absolute Gasteiger partial charge is 0.169 e. The molecule has 0 aliphatic heterocycles. The van der Waals surface area contributed by atoms with E-state index in [0.29, 0.717) is 12.4 Å². The van der Waals surface area contributed by atoms with Gasteiger partial charge in [-0.25, -0.2) is 9.67 Å². The predicted octanol–water partition coefficient (Wildman–Crippen LogP) is 1.66. The van der Waals surface area contributed by atoms with Gasteiger partial charge in [0.05, 0.1) is 23.4 Å². The third kappa shape index (κ3) is 2.06. The molecular weight excluding hydrogens is 222 g/mol. The maximum Gasteiger partial charge on any atom is 0.169 e. The molecule has 0 aliphatic rings. The van der Waals surface area contributed by atoms with Crippen molar-refractivity contribution in [2.24, 2.45) is 0 Å². The molecule has 0 radical (unpaired) electrons. The van der Waals surface area contributed by atoms with Gasteiger partial charge in [-0.05, 0) is 0 Å². The minimum Gasteiger partial charge on any atom is -0.381 e. The first-order valence-corrected chi connectivity index (χ1v) is 5.99. The van der Waals surface area contributed by atoms with Gasteiger partial charge in [0.1, 0.15) is 0 Å². The first-order chi connectivity index (χ1) is 7.48. The first-order valence-electron chi connectivity index (χ1n) is 5.05.